The number of unbranched alkanes of at least 4 members (excludes halogenated alkanes) is 1. The fraction of sp³-hybridized carbons (Fsp3) is 0.462. The highest BCUT2D eigenvalue weighted by Crippen LogP contribution is 2.29. The van der Waals surface area contributed by atoms with Crippen LogP contribution in [0.4, 0.5) is 13.2 Å². The minimum absolute atomic E-state index is 0.0824. The van der Waals surface area contributed by atoms with Crippen LogP contribution < -0.4 is 5.32 Å². The molecule has 0 heterocycles. The molecule has 0 bridgehead atoms. The second kappa shape index (κ2) is 7.38. The van der Waals surface area contributed by atoms with Gasteiger partial charge in [0.1, 0.15) is 0 Å². The van der Waals surface area contributed by atoms with Gasteiger partial charge in [-0.05, 0) is 30.5 Å². The number of hydrogen-bond acceptors (Lipinski definition) is 1. The number of carbonyl (C=O) groups excluding carboxylic acids is 1. The van der Waals surface area contributed by atoms with Gasteiger partial charge in [-0.25, -0.2) is 0 Å². The lowest BCUT2D eigenvalue weighted by Crippen LogP contribution is -2.26. The lowest BCUT2D eigenvalue weighted by Gasteiger charge is -2.08. The first kappa shape index (κ1) is 15.8. The molecule has 0 aliphatic heterocycles. The van der Waals surface area contributed by atoms with Gasteiger partial charge >= 0.3 is 6.18 Å². The molecule has 0 aliphatic rings. The molecule has 1 aromatic carbocycles. The summed E-state index contributed by atoms with van der Waals surface area (Å²) in [6, 6.07) is 4.61. The minimum Gasteiger partial charge on any atom is -0.356 e. The topological polar surface area (TPSA) is 29.1 Å². The van der Waals surface area contributed by atoms with Gasteiger partial charge in [-0.3, -0.25) is 4.79 Å². The molecule has 1 N–H and O–H groups in total. The van der Waals surface area contributed by atoms with Crippen molar-refractivity contribution in [2.24, 2.45) is 0 Å². The Balaban J connectivity index is 2.43. The van der Waals surface area contributed by atoms with Gasteiger partial charge in [-0.2, -0.15) is 13.2 Å². The number of alkyl halides is 4. The SMILES string of the molecule is O=C(Cc1ccc(C(F)(F)F)cc1)NCCCCCl. The Morgan fingerprint density at radius 2 is 1.79 bits per heavy atom. The van der Waals surface area contributed by atoms with Crippen LogP contribution in [0.2, 0.25) is 0 Å². The van der Waals surface area contributed by atoms with Crippen LogP contribution in [0.25, 0.3) is 0 Å². The highest BCUT2D eigenvalue weighted by molar-refractivity contribution is 6.17. The Morgan fingerprint density at radius 1 is 1.16 bits per heavy atom. The van der Waals surface area contributed by atoms with Crippen LogP contribution in [0, 0.1) is 0 Å². The van der Waals surface area contributed by atoms with Crippen molar-refractivity contribution in [3.8, 4) is 0 Å². The summed E-state index contributed by atoms with van der Waals surface area (Å²) >= 11 is 5.49. The largest absolute Gasteiger partial charge is 0.416 e. The normalized spacial score (nSPS) is 11.4. The molecule has 2 nitrogen and oxygen atoms in total. The van der Waals surface area contributed by atoms with Crippen LogP contribution in [0.5, 0.6) is 0 Å². The van der Waals surface area contributed by atoms with E-state index in [4.69, 9.17) is 11.6 Å². The smallest absolute Gasteiger partial charge is 0.356 e. The fourth-order valence-electron chi connectivity index (χ4n) is 1.51. The molecule has 0 aromatic heterocycles. The Morgan fingerprint density at radius 3 is 2.32 bits per heavy atom. The summed E-state index contributed by atoms with van der Waals surface area (Å²) in [6.45, 7) is 0.534. The van der Waals surface area contributed by atoms with Crippen molar-refractivity contribution in [1.29, 1.82) is 0 Å². The van der Waals surface area contributed by atoms with Gasteiger partial charge in [-0.1, -0.05) is 12.1 Å². The van der Waals surface area contributed by atoms with Crippen molar-refractivity contribution in [3.05, 3.63) is 35.4 Å². The molecule has 106 valence electrons. The third kappa shape index (κ3) is 5.96. The van der Waals surface area contributed by atoms with E-state index in [0.29, 0.717) is 18.0 Å². The molecule has 1 aromatic rings. The Bertz CT molecular complexity index is 403. The number of amides is 1. The van der Waals surface area contributed by atoms with Crippen LogP contribution >= 0.6 is 11.6 Å². The highest BCUT2D eigenvalue weighted by atomic mass is 35.5. The number of halogens is 4. The zero-order valence-corrected chi connectivity index (χ0v) is 11.0. The summed E-state index contributed by atoms with van der Waals surface area (Å²) in [5.74, 6) is 0.351. The van der Waals surface area contributed by atoms with Crippen LogP contribution in [0.1, 0.15) is 24.0 Å². The first-order chi connectivity index (χ1) is 8.93. The third-order valence-corrected chi connectivity index (χ3v) is 2.80. The predicted octanol–water partition coefficient (Wildman–Crippen LogP) is 3.38. The molecule has 0 saturated carbocycles. The molecule has 0 aliphatic carbocycles. The lowest BCUT2D eigenvalue weighted by atomic mass is 10.1. The lowest BCUT2D eigenvalue weighted by molar-refractivity contribution is -0.137. The quantitative estimate of drug-likeness (QED) is 0.632. The van der Waals surface area contributed by atoms with Crippen molar-refractivity contribution in [1.82, 2.24) is 5.32 Å². The van der Waals surface area contributed by atoms with Gasteiger partial charge in [-0.15, -0.1) is 11.6 Å². The zero-order chi connectivity index (χ0) is 14.3. The van der Waals surface area contributed by atoms with Gasteiger partial charge in [0.2, 0.25) is 5.91 Å². The Kier molecular flexibility index (Phi) is 6.15. The molecule has 1 amide bonds. The van der Waals surface area contributed by atoms with Crippen LogP contribution in [-0.4, -0.2) is 18.3 Å². The summed E-state index contributed by atoms with van der Waals surface area (Å²) in [6.07, 6.45) is -2.65. The minimum atomic E-state index is -4.34. The summed E-state index contributed by atoms with van der Waals surface area (Å²) < 4.78 is 37.0. The zero-order valence-electron chi connectivity index (χ0n) is 10.3. The number of carbonyl (C=O) groups is 1. The second-order valence-corrected chi connectivity index (χ2v) is 4.50. The maximum atomic E-state index is 12.3. The third-order valence-electron chi connectivity index (χ3n) is 2.53. The van der Waals surface area contributed by atoms with E-state index in [2.05, 4.69) is 5.32 Å². The van der Waals surface area contributed by atoms with E-state index in [1.54, 1.807) is 0 Å². The van der Waals surface area contributed by atoms with Crippen molar-refractivity contribution in [2.45, 2.75) is 25.4 Å². The monoisotopic (exact) mass is 293 g/mol. The molecule has 0 fully saturated rings. The second-order valence-electron chi connectivity index (χ2n) is 4.12. The van der Waals surface area contributed by atoms with E-state index >= 15 is 0 Å². The number of benzene rings is 1. The van der Waals surface area contributed by atoms with Crippen LogP contribution in [-0.2, 0) is 17.4 Å². The molecule has 0 saturated heterocycles. The number of rotatable bonds is 6. The maximum Gasteiger partial charge on any atom is 0.416 e. The number of hydrogen-bond donors (Lipinski definition) is 1. The van der Waals surface area contributed by atoms with Crippen molar-refractivity contribution in [3.63, 3.8) is 0 Å². The molecule has 0 unspecified atom stereocenters. The van der Waals surface area contributed by atoms with Gasteiger partial charge < -0.3 is 5.32 Å². The molecule has 0 atom stereocenters. The van der Waals surface area contributed by atoms with Crippen molar-refractivity contribution in [2.75, 3.05) is 12.4 Å². The average molecular weight is 294 g/mol. The molecule has 1 rings (SSSR count). The number of nitrogens with one attached hydrogen (secondary N) is 1. The predicted molar refractivity (Wildman–Crippen MR) is 68.1 cm³/mol. The first-order valence-corrected chi connectivity index (χ1v) is 6.45. The summed E-state index contributed by atoms with van der Waals surface area (Å²) in [5.41, 5.74) is -0.151. The first-order valence-electron chi connectivity index (χ1n) is 5.92. The summed E-state index contributed by atoms with van der Waals surface area (Å²) in [5, 5.41) is 2.69. The molecule has 19 heavy (non-hydrogen) atoms. The van der Waals surface area contributed by atoms with E-state index in [0.717, 1.165) is 25.0 Å². The Hall–Kier alpha value is -1.23. The van der Waals surface area contributed by atoms with Gasteiger partial charge in [0.15, 0.2) is 0 Å². The molecule has 0 spiro atoms. The van der Waals surface area contributed by atoms with Crippen LogP contribution in [0.15, 0.2) is 24.3 Å². The van der Waals surface area contributed by atoms with Crippen molar-refractivity contribution < 1.29 is 18.0 Å². The fourth-order valence-corrected chi connectivity index (χ4v) is 1.70. The van der Waals surface area contributed by atoms with E-state index in [9.17, 15) is 18.0 Å². The van der Waals surface area contributed by atoms with E-state index in [1.807, 2.05) is 0 Å². The van der Waals surface area contributed by atoms with Gasteiger partial charge in [0.25, 0.3) is 0 Å². The molecule has 0 radical (unpaired) electrons. The van der Waals surface area contributed by atoms with Crippen LogP contribution in [0.3, 0.4) is 0 Å². The molecule has 6 heteroatoms. The maximum absolute atomic E-state index is 12.3. The molecular formula is C13H15ClF3NO. The molecular weight excluding hydrogens is 279 g/mol. The van der Waals surface area contributed by atoms with E-state index in [1.165, 1.54) is 12.1 Å². The van der Waals surface area contributed by atoms with Crippen molar-refractivity contribution >= 4 is 17.5 Å². The summed E-state index contributed by atoms with van der Waals surface area (Å²) in [7, 11) is 0. The standard InChI is InChI=1S/C13H15ClF3NO/c14-7-1-2-8-18-12(19)9-10-3-5-11(6-4-10)13(15,16)17/h3-6H,1-2,7-9H2,(H,18,19). The summed E-state index contributed by atoms with van der Waals surface area (Å²) in [4.78, 5) is 11.5. The van der Waals surface area contributed by atoms with Gasteiger partial charge in [0.05, 0.1) is 12.0 Å². The Labute approximate surface area is 114 Å². The van der Waals surface area contributed by atoms with Gasteiger partial charge in [0, 0.05) is 12.4 Å². The van der Waals surface area contributed by atoms with E-state index in [-0.39, 0.29) is 12.3 Å². The average Bonchev–Trinajstić information content (AvgIpc) is 2.34. The van der Waals surface area contributed by atoms with E-state index < -0.39 is 11.7 Å². The highest BCUT2D eigenvalue weighted by Gasteiger charge is 2.29.